The highest BCUT2D eigenvalue weighted by Crippen LogP contribution is 2.11. The number of hydrazone groups is 1. The molecule has 0 unspecified atom stereocenters. The van der Waals surface area contributed by atoms with Gasteiger partial charge in [0.2, 0.25) is 0 Å². The van der Waals surface area contributed by atoms with Crippen LogP contribution in [0.3, 0.4) is 0 Å². The minimum absolute atomic E-state index is 0. The average Bonchev–Trinajstić information content (AvgIpc) is 2.65. The van der Waals surface area contributed by atoms with Crippen molar-refractivity contribution in [1.82, 2.24) is 5.43 Å². The molecule has 0 radical (unpaired) electrons. The Balaban J connectivity index is 0.00000180. The lowest BCUT2D eigenvalue weighted by Gasteiger charge is -2.05. The summed E-state index contributed by atoms with van der Waals surface area (Å²) in [6.45, 7) is 2.93. The zero-order valence-electron chi connectivity index (χ0n) is 11.0. The summed E-state index contributed by atoms with van der Waals surface area (Å²) in [5.41, 5.74) is 5.21. The fourth-order valence-corrected chi connectivity index (χ4v) is 2.13. The summed E-state index contributed by atoms with van der Waals surface area (Å²) < 4.78 is 1.08. The van der Waals surface area contributed by atoms with Crippen molar-refractivity contribution < 1.29 is 0 Å². The van der Waals surface area contributed by atoms with E-state index in [1.807, 2.05) is 19.1 Å². The Morgan fingerprint density at radius 1 is 1.21 bits per heavy atom. The van der Waals surface area contributed by atoms with Gasteiger partial charge in [0.15, 0.2) is 0 Å². The molecule has 0 atom stereocenters. The number of hydrogen-bond donors (Lipinski definition) is 1. The second-order valence-electron chi connectivity index (χ2n) is 4.45. The van der Waals surface area contributed by atoms with Gasteiger partial charge < -0.3 is 0 Å². The second-order valence-corrected chi connectivity index (χ2v) is 5.37. The number of aliphatic imine (C=N–C) groups is 1. The normalized spacial score (nSPS) is 16.1. The molecule has 0 fully saturated rings. The Morgan fingerprint density at radius 2 is 1.95 bits per heavy atom. The molecule has 0 bridgehead atoms. The standard InChI is InChI=1S/C14H18BrN3.ClH/c1-11(12-6-8-13(15)9-7-12)17-18-14-5-3-2-4-10-16-14;/h6-9H,2-5,10H2,1H3,(H,16,18);1H/b17-11-;. The van der Waals surface area contributed by atoms with Gasteiger partial charge in [-0.3, -0.25) is 10.4 Å². The van der Waals surface area contributed by atoms with Crippen LogP contribution in [-0.4, -0.2) is 18.1 Å². The third-order valence-electron chi connectivity index (χ3n) is 2.99. The lowest BCUT2D eigenvalue weighted by molar-refractivity contribution is 0.729. The van der Waals surface area contributed by atoms with Crippen molar-refractivity contribution >= 4 is 39.9 Å². The van der Waals surface area contributed by atoms with E-state index in [2.05, 4.69) is 43.6 Å². The molecule has 0 aliphatic carbocycles. The number of benzene rings is 1. The van der Waals surface area contributed by atoms with Crippen LogP contribution in [0.5, 0.6) is 0 Å². The van der Waals surface area contributed by atoms with Gasteiger partial charge in [-0.2, -0.15) is 5.10 Å². The minimum Gasteiger partial charge on any atom is -0.271 e. The van der Waals surface area contributed by atoms with Crippen LogP contribution in [0.15, 0.2) is 38.8 Å². The van der Waals surface area contributed by atoms with Gasteiger partial charge in [-0.05, 0) is 37.5 Å². The van der Waals surface area contributed by atoms with E-state index in [-0.39, 0.29) is 12.4 Å². The molecule has 0 saturated carbocycles. The lowest BCUT2D eigenvalue weighted by atomic mass is 10.1. The number of halogens is 2. The van der Waals surface area contributed by atoms with Crippen molar-refractivity contribution in [3.05, 3.63) is 34.3 Å². The van der Waals surface area contributed by atoms with Crippen LogP contribution in [-0.2, 0) is 0 Å². The zero-order valence-corrected chi connectivity index (χ0v) is 13.4. The molecule has 1 N–H and O–H groups in total. The summed E-state index contributed by atoms with van der Waals surface area (Å²) in [7, 11) is 0. The summed E-state index contributed by atoms with van der Waals surface area (Å²) in [5, 5.41) is 4.41. The Kier molecular flexibility index (Phi) is 7.10. The van der Waals surface area contributed by atoms with Crippen molar-refractivity contribution in [2.45, 2.75) is 32.6 Å². The van der Waals surface area contributed by atoms with Gasteiger partial charge in [-0.15, -0.1) is 12.4 Å². The summed E-state index contributed by atoms with van der Waals surface area (Å²) in [6.07, 6.45) is 4.68. The van der Waals surface area contributed by atoms with Gasteiger partial charge in [0.1, 0.15) is 5.84 Å². The molecule has 1 aromatic carbocycles. The van der Waals surface area contributed by atoms with Crippen LogP contribution in [0, 0.1) is 0 Å². The number of nitrogens with one attached hydrogen (secondary N) is 1. The fourth-order valence-electron chi connectivity index (χ4n) is 1.87. The Labute approximate surface area is 129 Å². The summed E-state index contributed by atoms with van der Waals surface area (Å²) in [6, 6.07) is 8.16. The van der Waals surface area contributed by atoms with E-state index in [0.29, 0.717) is 0 Å². The van der Waals surface area contributed by atoms with Crippen LogP contribution in [0.1, 0.15) is 38.2 Å². The average molecular weight is 345 g/mol. The van der Waals surface area contributed by atoms with Crippen molar-refractivity contribution in [3.63, 3.8) is 0 Å². The molecule has 1 aliphatic heterocycles. The zero-order chi connectivity index (χ0) is 12.8. The van der Waals surface area contributed by atoms with E-state index in [1.165, 1.54) is 19.3 Å². The molecule has 5 heteroatoms. The first kappa shape index (κ1) is 16.2. The number of rotatable bonds is 2. The minimum atomic E-state index is 0. The molecule has 19 heavy (non-hydrogen) atoms. The lowest BCUT2D eigenvalue weighted by Crippen LogP contribution is -2.19. The largest absolute Gasteiger partial charge is 0.271 e. The van der Waals surface area contributed by atoms with Crippen molar-refractivity contribution in [2.75, 3.05) is 6.54 Å². The SMILES string of the molecule is C/C(=N/NC1=NCCCCC1)c1ccc(Br)cc1.Cl. The number of nitrogens with zero attached hydrogens (tertiary/aromatic N) is 2. The van der Waals surface area contributed by atoms with Crippen LogP contribution in [0.25, 0.3) is 0 Å². The quantitative estimate of drug-likeness (QED) is 0.635. The van der Waals surface area contributed by atoms with Crippen molar-refractivity contribution in [3.8, 4) is 0 Å². The van der Waals surface area contributed by atoms with E-state index >= 15 is 0 Å². The topological polar surface area (TPSA) is 36.8 Å². The Hall–Kier alpha value is -0.870. The monoisotopic (exact) mass is 343 g/mol. The highest BCUT2D eigenvalue weighted by atomic mass is 79.9. The molecular weight excluding hydrogens is 326 g/mol. The van der Waals surface area contributed by atoms with E-state index in [4.69, 9.17) is 0 Å². The number of amidine groups is 1. The highest BCUT2D eigenvalue weighted by molar-refractivity contribution is 9.10. The first-order valence-corrected chi connectivity index (χ1v) is 7.14. The molecule has 3 nitrogen and oxygen atoms in total. The molecular formula is C14H19BrClN3. The maximum atomic E-state index is 4.49. The predicted octanol–water partition coefficient (Wildman–Crippen LogP) is 4.16. The predicted molar refractivity (Wildman–Crippen MR) is 87.5 cm³/mol. The molecule has 0 spiro atoms. The maximum Gasteiger partial charge on any atom is 0.117 e. The van der Waals surface area contributed by atoms with E-state index < -0.39 is 0 Å². The van der Waals surface area contributed by atoms with E-state index in [9.17, 15) is 0 Å². The van der Waals surface area contributed by atoms with Crippen LogP contribution < -0.4 is 5.43 Å². The Bertz CT molecular complexity index is 454. The molecule has 1 aromatic rings. The third-order valence-corrected chi connectivity index (χ3v) is 3.52. The fraction of sp³-hybridized carbons (Fsp3) is 0.429. The van der Waals surface area contributed by atoms with Crippen LogP contribution in [0.2, 0.25) is 0 Å². The van der Waals surface area contributed by atoms with Crippen molar-refractivity contribution in [2.24, 2.45) is 10.1 Å². The summed E-state index contributed by atoms with van der Waals surface area (Å²) in [4.78, 5) is 4.49. The van der Waals surface area contributed by atoms with E-state index in [1.54, 1.807) is 0 Å². The second kappa shape index (κ2) is 8.33. The first-order valence-electron chi connectivity index (χ1n) is 6.35. The molecule has 1 heterocycles. The van der Waals surface area contributed by atoms with Crippen LogP contribution >= 0.6 is 28.3 Å². The molecule has 0 amide bonds. The summed E-state index contributed by atoms with van der Waals surface area (Å²) in [5.74, 6) is 1.02. The van der Waals surface area contributed by atoms with Crippen molar-refractivity contribution in [1.29, 1.82) is 0 Å². The summed E-state index contributed by atoms with van der Waals surface area (Å²) >= 11 is 3.43. The molecule has 1 aliphatic rings. The molecule has 104 valence electrons. The first-order chi connectivity index (χ1) is 8.75. The maximum absolute atomic E-state index is 4.49. The van der Waals surface area contributed by atoms with Gasteiger partial charge in [0.25, 0.3) is 0 Å². The number of hydrogen-bond acceptors (Lipinski definition) is 3. The smallest absolute Gasteiger partial charge is 0.117 e. The molecule has 2 rings (SSSR count). The van der Waals surface area contributed by atoms with E-state index in [0.717, 1.165) is 34.5 Å². The highest BCUT2D eigenvalue weighted by Gasteiger charge is 2.03. The third kappa shape index (κ3) is 5.33. The molecule has 0 saturated heterocycles. The van der Waals surface area contributed by atoms with Gasteiger partial charge in [0.05, 0.1) is 5.71 Å². The van der Waals surface area contributed by atoms with Crippen LogP contribution in [0.4, 0.5) is 0 Å². The van der Waals surface area contributed by atoms with Gasteiger partial charge in [-0.25, -0.2) is 0 Å². The Morgan fingerprint density at radius 3 is 2.68 bits per heavy atom. The molecule has 0 aromatic heterocycles. The van der Waals surface area contributed by atoms with Gasteiger partial charge in [0, 0.05) is 17.4 Å². The van der Waals surface area contributed by atoms with Gasteiger partial charge in [-0.1, -0.05) is 34.5 Å². The van der Waals surface area contributed by atoms with Gasteiger partial charge >= 0.3 is 0 Å².